The minimum absolute atomic E-state index is 0.251. The summed E-state index contributed by atoms with van der Waals surface area (Å²) in [4.78, 5) is 0.268. The zero-order valence-corrected chi connectivity index (χ0v) is 12.1. The summed E-state index contributed by atoms with van der Waals surface area (Å²) >= 11 is 0. The molecule has 6 heteroatoms. The van der Waals surface area contributed by atoms with Gasteiger partial charge in [-0.05, 0) is 24.6 Å². The number of hydrogen-bond acceptors (Lipinski definition) is 4. The van der Waals surface area contributed by atoms with Crippen molar-refractivity contribution in [1.29, 1.82) is 0 Å². The molecule has 1 aliphatic rings. The predicted molar refractivity (Wildman–Crippen MR) is 74.7 cm³/mol. The Morgan fingerprint density at radius 3 is 2.70 bits per heavy atom. The lowest BCUT2D eigenvalue weighted by atomic mass is 10.1. The fourth-order valence-electron chi connectivity index (χ4n) is 2.02. The van der Waals surface area contributed by atoms with E-state index in [0.717, 1.165) is 0 Å². The van der Waals surface area contributed by atoms with Crippen molar-refractivity contribution in [2.75, 3.05) is 32.9 Å². The van der Waals surface area contributed by atoms with E-state index in [4.69, 9.17) is 9.84 Å². The van der Waals surface area contributed by atoms with Gasteiger partial charge in [0.2, 0.25) is 10.0 Å². The fourth-order valence-corrected chi connectivity index (χ4v) is 3.68. The zero-order chi connectivity index (χ0) is 14.6. The van der Waals surface area contributed by atoms with E-state index in [1.54, 1.807) is 25.1 Å². The van der Waals surface area contributed by atoms with Crippen LogP contribution in [0.3, 0.4) is 0 Å². The highest BCUT2D eigenvalue weighted by Crippen LogP contribution is 2.22. The van der Waals surface area contributed by atoms with E-state index in [2.05, 4.69) is 11.8 Å². The Balaban J connectivity index is 2.39. The first kappa shape index (κ1) is 15.0. The first-order valence-electron chi connectivity index (χ1n) is 6.34. The van der Waals surface area contributed by atoms with Crippen LogP contribution in [0.5, 0.6) is 0 Å². The van der Waals surface area contributed by atoms with Crippen LogP contribution in [0.2, 0.25) is 0 Å². The number of hydrogen-bond donors (Lipinski definition) is 1. The van der Waals surface area contributed by atoms with Crippen LogP contribution in [0.4, 0.5) is 0 Å². The van der Waals surface area contributed by atoms with Crippen LogP contribution in [0.15, 0.2) is 23.1 Å². The van der Waals surface area contributed by atoms with Gasteiger partial charge in [-0.15, -0.1) is 0 Å². The normalized spacial score (nSPS) is 16.5. The minimum atomic E-state index is -3.52. The van der Waals surface area contributed by atoms with E-state index in [9.17, 15) is 8.42 Å². The Hall–Kier alpha value is -1.39. The van der Waals surface area contributed by atoms with Crippen molar-refractivity contribution in [3.05, 3.63) is 29.3 Å². The zero-order valence-electron chi connectivity index (χ0n) is 11.3. The number of benzene rings is 1. The van der Waals surface area contributed by atoms with Gasteiger partial charge in [0, 0.05) is 18.7 Å². The number of aliphatic hydroxyl groups is 1. The second kappa shape index (κ2) is 6.37. The summed E-state index contributed by atoms with van der Waals surface area (Å²) in [6.07, 6.45) is 0. The summed E-state index contributed by atoms with van der Waals surface area (Å²) in [7, 11) is -3.52. The highest BCUT2D eigenvalue weighted by Gasteiger charge is 2.27. The average molecular weight is 295 g/mol. The maximum Gasteiger partial charge on any atom is 0.243 e. The van der Waals surface area contributed by atoms with Crippen LogP contribution < -0.4 is 0 Å². The molecule has 0 bridgehead atoms. The van der Waals surface area contributed by atoms with Gasteiger partial charge >= 0.3 is 0 Å². The van der Waals surface area contributed by atoms with Gasteiger partial charge in [0.1, 0.15) is 6.61 Å². The molecule has 1 fully saturated rings. The van der Waals surface area contributed by atoms with Crippen molar-refractivity contribution >= 4 is 10.0 Å². The summed E-state index contributed by atoms with van der Waals surface area (Å²) in [5.41, 5.74) is 1.27. The second-order valence-corrected chi connectivity index (χ2v) is 6.36. The quantitative estimate of drug-likeness (QED) is 0.800. The van der Waals surface area contributed by atoms with Crippen molar-refractivity contribution in [3.63, 3.8) is 0 Å². The molecule has 0 amide bonds. The predicted octanol–water partition coefficient (Wildman–Crippen LogP) is 0.360. The van der Waals surface area contributed by atoms with Gasteiger partial charge in [0.05, 0.1) is 18.1 Å². The van der Waals surface area contributed by atoms with Gasteiger partial charge in [0.25, 0.3) is 0 Å². The van der Waals surface area contributed by atoms with Gasteiger partial charge in [-0.25, -0.2) is 8.42 Å². The maximum absolute atomic E-state index is 12.6. The molecule has 0 radical (unpaired) electrons. The van der Waals surface area contributed by atoms with Crippen LogP contribution in [-0.4, -0.2) is 50.7 Å². The van der Waals surface area contributed by atoms with Crippen LogP contribution in [0.25, 0.3) is 0 Å². The van der Waals surface area contributed by atoms with E-state index >= 15 is 0 Å². The highest BCUT2D eigenvalue weighted by atomic mass is 32.2. The van der Waals surface area contributed by atoms with Crippen molar-refractivity contribution in [3.8, 4) is 11.8 Å². The van der Waals surface area contributed by atoms with Crippen molar-refractivity contribution in [2.45, 2.75) is 11.8 Å². The molecule has 20 heavy (non-hydrogen) atoms. The first-order valence-corrected chi connectivity index (χ1v) is 7.78. The minimum Gasteiger partial charge on any atom is -0.384 e. The van der Waals surface area contributed by atoms with Crippen molar-refractivity contribution in [1.82, 2.24) is 4.31 Å². The summed E-state index contributed by atoms with van der Waals surface area (Å²) in [6.45, 7) is 3.09. The second-order valence-electron chi connectivity index (χ2n) is 4.46. The molecule has 0 atom stereocenters. The van der Waals surface area contributed by atoms with Gasteiger partial charge in [-0.2, -0.15) is 4.31 Å². The van der Waals surface area contributed by atoms with E-state index in [0.29, 0.717) is 37.4 Å². The van der Waals surface area contributed by atoms with Crippen LogP contribution >= 0.6 is 0 Å². The highest BCUT2D eigenvalue weighted by molar-refractivity contribution is 7.89. The molecule has 0 aliphatic carbocycles. The van der Waals surface area contributed by atoms with Crippen LogP contribution in [0, 0.1) is 18.8 Å². The third-order valence-electron chi connectivity index (χ3n) is 3.09. The summed E-state index contributed by atoms with van der Waals surface area (Å²) in [6, 6.07) is 5.04. The molecular weight excluding hydrogens is 278 g/mol. The number of sulfonamides is 1. The van der Waals surface area contributed by atoms with Crippen LogP contribution in [0.1, 0.15) is 11.1 Å². The molecule has 5 nitrogen and oxygen atoms in total. The molecule has 0 saturated carbocycles. The largest absolute Gasteiger partial charge is 0.384 e. The molecule has 108 valence electrons. The molecule has 1 aromatic rings. The lowest BCUT2D eigenvalue weighted by Gasteiger charge is -2.26. The fraction of sp³-hybridized carbons (Fsp3) is 0.429. The molecule has 1 N–H and O–H groups in total. The molecular formula is C14H17NO4S. The lowest BCUT2D eigenvalue weighted by Crippen LogP contribution is -2.40. The third-order valence-corrected chi connectivity index (χ3v) is 5.13. The van der Waals surface area contributed by atoms with E-state index < -0.39 is 10.0 Å². The van der Waals surface area contributed by atoms with Crippen LogP contribution in [-0.2, 0) is 14.8 Å². The summed E-state index contributed by atoms with van der Waals surface area (Å²) in [5.74, 6) is 5.25. The summed E-state index contributed by atoms with van der Waals surface area (Å²) < 4.78 is 31.8. The smallest absolute Gasteiger partial charge is 0.243 e. The first-order chi connectivity index (χ1) is 9.55. The third kappa shape index (κ3) is 3.19. The Morgan fingerprint density at radius 2 is 2.05 bits per heavy atom. The molecule has 0 spiro atoms. The Labute approximate surface area is 119 Å². The van der Waals surface area contributed by atoms with E-state index in [1.807, 2.05) is 0 Å². The monoisotopic (exact) mass is 295 g/mol. The number of rotatable bonds is 2. The molecule has 2 rings (SSSR count). The molecule has 0 unspecified atom stereocenters. The van der Waals surface area contributed by atoms with Gasteiger partial charge in [-0.1, -0.05) is 17.9 Å². The topological polar surface area (TPSA) is 66.8 Å². The van der Waals surface area contributed by atoms with Crippen molar-refractivity contribution in [2.24, 2.45) is 0 Å². The standard InChI is InChI=1S/C14H17NO4S/c1-12-4-5-13(3-2-8-16)11-14(12)20(17,18)15-6-9-19-10-7-15/h4-5,11,16H,6-10H2,1H3. The SMILES string of the molecule is Cc1ccc(C#CCO)cc1S(=O)(=O)N1CCOCC1. The Morgan fingerprint density at radius 1 is 1.35 bits per heavy atom. The number of morpholine rings is 1. The molecule has 1 aliphatic heterocycles. The van der Waals surface area contributed by atoms with Gasteiger partial charge in [-0.3, -0.25) is 0 Å². The molecule has 0 aromatic heterocycles. The maximum atomic E-state index is 12.6. The number of nitrogens with zero attached hydrogens (tertiary/aromatic N) is 1. The molecule has 1 heterocycles. The lowest BCUT2D eigenvalue weighted by molar-refractivity contribution is 0.0730. The van der Waals surface area contributed by atoms with E-state index in [-0.39, 0.29) is 11.5 Å². The van der Waals surface area contributed by atoms with Gasteiger partial charge in [0.15, 0.2) is 0 Å². The summed E-state index contributed by atoms with van der Waals surface area (Å²) in [5, 5.41) is 8.70. The average Bonchev–Trinajstić information content (AvgIpc) is 2.47. The number of ether oxygens (including phenoxy) is 1. The number of aryl methyl sites for hydroxylation is 1. The molecule has 1 saturated heterocycles. The van der Waals surface area contributed by atoms with E-state index in [1.165, 1.54) is 4.31 Å². The number of aliphatic hydroxyl groups excluding tert-OH is 1. The van der Waals surface area contributed by atoms with Crippen molar-refractivity contribution < 1.29 is 18.3 Å². The Kier molecular flexibility index (Phi) is 4.78. The Bertz CT molecular complexity index is 637. The molecule has 1 aromatic carbocycles. The van der Waals surface area contributed by atoms with Gasteiger partial charge < -0.3 is 9.84 Å².